The van der Waals surface area contributed by atoms with Gasteiger partial charge in [-0.2, -0.15) is 0 Å². The molecule has 0 aliphatic rings. The van der Waals surface area contributed by atoms with Gasteiger partial charge in [0.1, 0.15) is 0 Å². The van der Waals surface area contributed by atoms with Crippen molar-refractivity contribution in [2.45, 2.75) is 71.1 Å². The van der Waals surface area contributed by atoms with Gasteiger partial charge >= 0.3 is 0 Å². The first kappa shape index (κ1) is 15.6. The highest BCUT2D eigenvalue weighted by atomic mass is 19.1. The molecule has 16 heavy (non-hydrogen) atoms. The maximum absolute atomic E-state index is 12.2. The van der Waals surface area contributed by atoms with Crippen LogP contribution in [0.1, 0.15) is 71.1 Å². The van der Waals surface area contributed by atoms with Gasteiger partial charge in [-0.15, -0.1) is 0 Å². The number of unbranched alkanes of at least 4 members (excludes halogenated alkanes) is 8. The van der Waals surface area contributed by atoms with Gasteiger partial charge in [0.2, 0.25) is 0 Å². The summed E-state index contributed by atoms with van der Waals surface area (Å²) in [5.74, 6) is 0. The monoisotopic (exact) mass is 229 g/mol. The Morgan fingerprint density at radius 3 is 1.88 bits per heavy atom. The van der Waals surface area contributed by atoms with Crippen molar-refractivity contribution < 1.29 is 4.39 Å². The molecule has 0 aliphatic heterocycles. The molecule has 0 saturated carbocycles. The van der Waals surface area contributed by atoms with E-state index in [1.807, 2.05) is 0 Å². The first-order valence-corrected chi connectivity index (χ1v) is 6.83. The van der Waals surface area contributed by atoms with E-state index in [4.69, 9.17) is 5.73 Å². The molecule has 0 amide bonds. The lowest BCUT2D eigenvalue weighted by atomic mass is 10.0. The summed E-state index contributed by atoms with van der Waals surface area (Å²) in [6, 6.07) is 0. The Morgan fingerprint density at radius 2 is 1.44 bits per heavy atom. The van der Waals surface area contributed by atoms with E-state index in [2.05, 4.69) is 6.92 Å². The van der Waals surface area contributed by atoms with Crippen molar-refractivity contribution in [3.63, 3.8) is 0 Å². The van der Waals surface area contributed by atoms with E-state index in [0.29, 0.717) is 12.9 Å². The minimum Gasteiger partial charge on any atom is -0.327 e. The number of hydrogen-bond donors (Lipinski definition) is 1. The highest BCUT2D eigenvalue weighted by molar-refractivity contribution is 4.98. The van der Waals surface area contributed by atoms with Crippen LogP contribution in [0.2, 0.25) is 0 Å². The molecule has 0 aliphatic carbocycles. The Labute approximate surface area is 100 Å². The molecule has 96 valence electrons. The first-order valence-electron chi connectivity index (χ1n) is 6.83. The molecular weight excluding hydrogens is 201 g/mol. The third-order valence-electron chi connectivity index (χ3n) is 3.02. The zero-order chi connectivity index (χ0) is 12.1. The maximum Gasteiger partial charge on any atom is 0.0871 e. The molecule has 2 heteroatoms. The summed E-state index contributed by atoms with van der Waals surface area (Å²) < 4.78 is 12.2. The van der Waals surface area contributed by atoms with Crippen LogP contribution in [-0.4, -0.2) is 6.54 Å². The van der Waals surface area contributed by atoms with Crippen LogP contribution < -0.4 is 5.73 Å². The second-order valence-electron chi connectivity index (χ2n) is 4.55. The Bertz CT molecular complexity index is 166. The molecule has 0 aromatic carbocycles. The van der Waals surface area contributed by atoms with Crippen molar-refractivity contribution >= 4 is 0 Å². The Kier molecular flexibility index (Phi) is 12.4. The smallest absolute Gasteiger partial charge is 0.0871 e. The third kappa shape index (κ3) is 10.2. The van der Waals surface area contributed by atoms with Gasteiger partial charge in [0.05, 0.1) is 6.33 Å². The second-order valence-corrected chi connectivity index (χ2v) is 4.55. The molecule has 0 fully saturated rings. The normalized spacial score (nSPS) is 12.1. The summed E-state index contributed by atoms with van der Waals surface area (Å²) >= 11 is 0. The van der Waals surface area contributed by atoms with Crippen molar-refractivity contribution in [1.82, 2.24) is 0 Å². The van der Waals surface area contributed by atoms with Crippen LogP contribution in [0.5, 0.6) is 0 Å². The van der Waals surface area contributed by atoms with Crippen LogP contribution in [0.4, 0.5) is 4.39 Å². The quantitative estimate of drug-likeness (QED) is 0.510. The fourth-order valence-electron chi connectivity index (χ4n) is 1.86. The molecule has 2 N–H and O–H groups in total. The molecule has 1 nitrogen and oxygen atoms in total. The standard InChI is InChI=1S/C14H28FN/c1-2-3-4-5-6-7-8-9-10-11-14(12-15)13-16/h12H,2-11,13,16H2,1H3/b14-12+. The Hall–Kier alpha value is -0.370. The highest BCUT2D eigenvalue weighted by Crippen LogP contribution is 2.12. The molecular formula is C14H28FN. The van der Waals surface area contributed by atoms with Gasteiger partial charge in [0.15, 0.2) is 0 Å². The van der Waals surface area contributed by atoms with Crippen LogP contribution in [0.3, 0.4) is 0 Å². The summed E-state index contributed by atoms with van der Waals surface area (Å²) in [5, 5.41) is 0. The average molecular weight is 229 g/mol. The van der Waals surface area contributed by atoms with Gasteiger partial charge in [-0.25, -0.2) is 4.39 Å². The second kappa shape index (κ2) is 12.7. The van der Waals surface area contributed by atoms with Gasteiger partial charge in [-0.1, -0.05) is 58.3 Å². The average Bonchev–Trinajstić information content (AvgIpc) is 2.32. The zero-order valence-electron chi connectivity index (χ0n) is 10.8. The summed E-state index contributed by atoms with van der Waals surface area (Å²) in [4.78, 5) is 0. The summed E-state index contributed by atoms with van der Waals surface area (Å²) in [6.45, 7) is 2.61. The molecule has 0 spiro atoms. The van der Waals surface area contributed by atoms with E-state index in [1.54, 1.807) is 0 Å². The van der Waals surface area contributed by atoms with Crippen molar-refractivity contribution in [3.8, 4) is 0 Å². The Balaban J connectivity index is 3.09. The zero-order valence-corrected chi connectivity index (χ0v) is 10.8. The molecule has 0 saturated heterocycles. The summed E-state index contributed by atoms with van der Waals surface area (Å²) in [5.41, 5.74) is 6.14. The predicted molar refractivity (Wildman–Crippen MR) is 70.1 cm³/mol. The SMILES string of the molecule is CCCCCCCCCCC/C(=C\F)CN. The van der Waals surface area contributed by atoms with E-state index in [1.165, 1.54) is 51.4 Å². The summed E-state index contributed by atoms with van der Waals surface area (Å²) in [6.07, 6.45) is 13.3. The fourth-order valence-corrected chi connectivity index (χ4v) is 1.86. The van der Waals surface area contributed by atoms with Crippen LogP contribution in [0.25, 0.3) is 0 Å². The molecule has 0 aromatic heterocycles. The van der Waals surface area contributed by atoms with Crippen molar-refractivity contribution in [3.05, 3.63) is 11.9 Å². The van der Waals surface area contributed by atoms with Gasteiger partial charge in [0.25, 0.3) is 0 Å². The van der Waals surface area contributed by atoms with Gasteiger partial charge in [0, 0.05) is 6.54 Å². The number of halogens is 1. The van der Waals surface area contributed by atoms with E-state index in [-0.39, 0.29) is 0 Å². The molecule has 0 bridgehead atoms. The van der Waals surface area contributed by atoms with E-state index in [0.717, 1.165) is 18.4 Å². The number of nitrogens with two attached hydrogens (primary N) is 1. The minimum atomic E-state index is 0.369. The fraction of sp³-hybridized carbons (Fsp3) is 0.857. The molecule has 0 atom stereocenters. The van der Waals surface area contributed by atoms with Gasteiger partial charge in [-0.3, -0.25) is 0 Å². The van der Waals surface area contributed by atoms with E-state index < -0.39 is 0 Å². The number of rotatable bonds is 11. The van der Waals surface area contributed by atoms with Crippen LogP contribution >= 0.6 is 0 Å². The van der Waals surface area contributed by atoms with Crippen LogP contribution in [0.15, 0.2) is 11.9 Å². The first-order chi connectivity index (χ1) is 7.85. The lowest BCUT2D eigenvalue weighted by Crippen LogP contribution is -2.02. The Morgan fingerprint density at radius 1 is 0.938 bits per heavy atom. The topological polar surface area (TPSA) is 26.0 Å². The molecule has 0 radical (unpaired) electrons. The predicted octanol–water partition coefficient (Wildman–Crippen LogP) is 4.72. The third-order valence-corrected chi connectivity index (χ3v) is 3.02. The molecule has 0 heterocycles. The highest BCUT2D eigenvalue weighted by Gasteiger charge is 1.96. The van der Waals surface area contributed by atoms with E-state index >= 15 is 0 Å². The minimum absolute atomic E-state index is 0.369. The van der Waals surface area contributed by atoms with Gasteiger partial charge in [-0.05, 0) is 18.4 Å². The molecule has 0 unspecified atom stereocenters. The van der Waals surface area contributed by atoms with Crippen molar-refractivity contribution in [1.29, 1.82) is 0 Å². The maximum atomic E-state index is 12.2. The van der Waals surface area contributed by atoms with Gasteiger partial charge < -0.3 is 5.73 Å². The van der Waals surface area contributed by atoms with Crippen LogP contribution in [-0.2, 0) is 0 Å². The van der Waals surface area contributed by atoms with Crippen LogP contribution in [0, 0.1) is 0 Å². The lowest BCUT2D eigenvalue weighted by Gasteiger charge is -2.03. The summed E-state index contributed by atoms with van der Waals surface area (Å²) in [7, 11) is 0. The lowest BCUT2D eigenvalue weighted by molar-refractivity contribution is 0.562. The van der Waals surface area contributed by atoms with Crippen molar-refractivity contribution in [2.24, 2.45) is 5.73 Å². The molecule has 0 rings (SSSR count). The largest absolute Gasteiger partial charge is 0.327 e. The van der Waals surface area contributed by atoms with E-state index in [9.17, 15) is 4.39 Å². The molecule has 0 aromatic rings. The van der Waals surface area contributed by atoms with Crippen molar-refractivity contribution in [2.75, 3.05) is 6.54 Å². The number of hydrogen-bond acceptors (Lipinski definition) is 1.